The summed E-state index contributed by atoms with van der Waals surface area (Å²) in [6.45, 7) is 4.74. The van der Waals surface area contributed by atoms with Gasteiger partial charge in [-0.3, -0.25) is 9.59 Å². The van der Waals surface area contributed by atoms with Crippen molar-refractivity contribution < 1.29 is 49.7 Å². The third-order valence-electron chi connectivity index (χ3n) is 5.66. The van der Waals surface area contributed by atoms with Crippen LogP contribution in [0.1, 0.15) is 52.1 Å². The largest absolute Gasteiger partial charge is 0.508 e. The van der Waals surface area contributed by atoms with Crippen molar-refractivity contribution in [3.8, 4) is 46.0 Å². The number of rotatable bonds is 9. The quantitative estimate of drug-likeness (QED) is 0.148. The van der Waals surface area contributed by atoms with Gasteiger partial charge in [0.15, 0.2) is 11.6 Å². The molecule has 4 rings (SSSR count). The second kappa shape index (κ2) is 13.6. The summed E-state index contributed by atoms with van der Waals surface area (Å²) in [7, 11) is 0. The van der Waals surface area contributed by atoms with Crippen molar-refractivity contribution in [1.82, 2.24) is 0 Å². The van der Waals surface area contributed by atoms with Gasteiger partial charge in [-0.25, -0.2) is 0 Å². The number of carbonyl (C=O) groups is 2. The molecule has 0 saturated heterocycles. The average molecular weight is 563 g/mol. The summed E-state index contributed by atoms with van der Waals surface area (Å²) >= 11 is 0. The molecule has 41 heavy (non-hydrogen) atoms. The fourth-order valence-electron chi connectivity index (χ4n) is 3.69. The van der Waals surface area contributed by atoms with E-state index >= 15 is 0 Å². The third kappa shape index (κ3) is 7.60. The normalized spacial score (nSPS) is 10.3. The van der Waals surface area contributed by atoms with E-state index in [1.165, 1.54) is 48.5 Å². The Bertz CT molecular complexity index is 1540. The van der Waals surface area contributed by atoms with Crippen molar-refractivity contribution >= 4 is 11.6 Å². The molecule has 214 valence electrons. The van der Waals surface area contributed by atoms with Gasteiger partial charge in [-0.05, 0) is 61.9 Å². The van der Waals surface area contributed by atoms with Gasteiger partial charge in [0.2, 0.25) is 0 Å². The lowest BCUT2D eigenvalue weighted by Crippen LogP contribution is -2.03. The molecule has 0 spiro atoms. The van der Waals surface area contributed by atoms with E-state index < -0.39 is 11.6 Å². The second-order valence-corrected chi connectivity index (χ2v) is 8.70. The molecule has 0 aliphatic rings. The van der Waals surface area contributed by atoms with Crippen LogP contribution in [0.3, 0.4) is 0 Å². The van der Waals surface area contributed by atoms with E-state index in [4.69, 9.17) is 9.47 Å². The molecule has 0 atom stereocenters. The van der Waals surface area contributed by atoms with Gasteiger partial charge < -0.3 is 40.1 Å². The fourth-order valence-corrected chi connectivity index (χ4v) is 3.69. The zero-order valence-corrected chi connectivity index (χ0v) is 22.4. The number of hydrogen-bond acceptors (Lipinski definition) is 10. The van der Waals surface area contributed by atoms with Crippen LogP contribution in [-0.4, -0.2) is 55.4 Å². The fraction of sp³-hybridized carbons (Fsp3) is 0.161. The zero-order chi connectivity index (χ0) is 30.1. The second-order valence-electron chi connectivity index (χ2n) is 8.70. The highest BCUT2D eigenvalue weighted by Gasteiger charge is 2.19. The van der Waals surface area contributed by atoms with Crippen LogP contribution < -0.4 is 9.47 Å². The minimum absolute atomic E-state index is 0.00209. The number of phenolic OH excluding ortho intramolecular Hbond substituents is 6. The number of carbonyl (C=O) groups excluding carboxylic acids is 2. The Hall–Kier alpha value is -5.38. The maximum Gasteiger partial charge on any atom is 0.200 e. The van der Waals surface area contributed by atoms with Crippen LogP contribution >= 0.6 is 0 Å². The molecule has 6 N–H and O–H groups in total. The van der Waals surface area contributed by atoms with Gasteiger partial charge in [-0.1, -0.05) is 6.92 Å². The Morgan fingerprint density at radius 3 is 1.24 bits per heavy atom. The first-order valence-electron chi connectivity index (χ1n) is 12.6. The van der Waals surface area contributed by atoms with Crippen molar-refractivity contribution in [2.75, 3.05) is 13.2 Å². The molecule has 0 unspecified atom stereocenters. The van der Waals surface area contributed by atoms with Crippen LogP contribution in [0.2, 0.25) is 0 Å². The summed E-state index contributed by atoms with van der Waals surface area (Å²) in [6, 6.07) is 16.0. The molecule has 0 aliphatic heterocycles. The molecule has 10 nitrogen and oxygen atoms in total. The third-order valence-corrected chi connectivity index (χ3v) is 5.66. The molecular weight excluding hydrogens is 532 g/mol. The molecular formula is C31H30O10. The molecule has 4 aromatic rings. The first-order valence-corrected chi connectivity index (χ1v) is 12.6. The highest BCUT2D eigenvalue weighted by atomic mass is 16.5. The van der Waals surface area contributed by atoms with Crippen molar-refractivity contribution in [2.45, 2.75) is 20.3 Å². The van der Waals surface area contributed by atoms with Gasteiger partial charge in [-0.2, -0.15) is 0 Å². The Morgan fingerprint density at radius 1 is 0.537 bits per heavy atom. The lowest BCUT2D eigenvalue weighted by atomic mass is 10.0. The number of phenols is 6. The summed E-state index contributed by atoms with van der Waals surface area (Å²) in [5, 5.41) is 57.6. The minimum Gasteiger partial charge on any atom is -0.508 e. The molecule has 0 aliphatic carbocycles. The molecule has 0 heterocycles. The summed E-state index contributed by atoms with van der Waals surface area (Å²) < 4.78 is 10.6. The first kappa shape index (κ1) is 30.2. The van der Waals surface area contributed by atoms with E-state index in [-0.39, 0.29) is 56.8 Å². The van der Waals surface area contributed by atoms with Crippen molar-refractivity contribution in [2.24, 2.45) is 0 Å². The molecule has 0 aromatic heterocycles. The Kier molecular flexibility index (Phi) is 10.0. The van der Waals surface area contributed by atoms with Gasteiger partial charge in [0.25, 0.3) is 0 Å². The molecule has 0 saturated carbocycles. The van der Waals surface area contributed by atoms with E-state index in [0.717, 1.165) is 18.6 Å². The van der Waals surface area contributed by atoms with Crippen molar-refractivity contribution in [1.29, 1.82) is 0 Å². The highest BCUT2D eigenvalue weighted by Crippen LogP contribution is 2.31. The zero-order valence-electron chi connectivity index (χ0n) is 22.4. The van der Waals surface area contributed by atoms with Crippen LogP contribution in [0.15, 0.2) is 72.8 Å². The molecule has 0 radical (unpaired) electrons. The lowest BCUT2D eigenvalue weighted by molar-refractivity contribution is 0.102. The first-order chi connectivity index (χ1) is 19.5. The number of hydrogen-bond donors (Lipinski definition) is 6. The Labute approximate surface area is 235 Å². The number of aromatic hydroxyl groups is 6. The van der Waals surface area contributed by atoms with E-state index in [9.17, 15) is 40.2 Å². The number of benzene rings is 4. The van der Waals surface area contributed by atoms with Gasteiger partial charge in [-0.15, -0.1) is 0 Å². The molecule has 0 fully saturated rings. The van der Waals surface area contributed by atoms with Crippen molar-refractivity contribution in [3.05, 3.63) is 95.1 Å². The standard InChI is InChI=1S/C16H16O5.C15H14O5/c1-2-7-21-11-4-6-13(15(19)9-11)16(20)12-5-3-10(17)8-14(12)18;1-2-20-10-4-6-12(14(18)8-10)15(19)11-5-3-9(16)7-13(11)17/h3-6,8-9,17-19H,2,7H2,1H3;3-8,16-18H,2H2,1H3. The van der Waals surface area contributed by atoms with E-state index in [2.05, 4.69) is 0 Å². The van der Waals surface area contributed by atoms with Crippen LogP contribution in [0, 0.1) is 0 Å². The smallest absolute Gasteiger partial charge is 0.200 e. The van der Waals surface area contributed by atoms with Crippen LogP contribution in [0.25, 0.3) is 0 Å². The van der Waals surface area contributed by atoms with Gasteiger partial charge in [0, 0.05) is 24.3 Å². The van der Waals surface area contributed by atoms with Gasteiger partial charge in [0.1, 0.15) is 46.0 Å². The maximum absolute atomic E-state index is 12.3. The predicted molar refractivity (Wildman–Crippen MR) is 150 cm³/mol. The van der Waals surface area contributed by atoms with Gasteiger partial charge in [0.05, 0.1) is 35.5 Å². The van der Waals surface area contributed by atoms with Crippen LogP contribution in [0.4, 0.5) is 0 Å². The molecule has 0 amide bonds. The van der Waals surface area contributed by atoms with Crippen molar-refractivity contribution in [3.63, 3.8) is 0 Å². The van der Waals surface area contributed by atoms with Gasteiger partial charge >= 0.3 is 0 Å². The lowest BCUT2D eigenvalue weighted by Gasteiger charge is -2.09. The highest BCUT2D eigenvalue weighted by molar-refractivity contribution is 6.13. The van der Waals surface area contributed by atoms with E-state index in [1.807, 2.05) is 13.8 Å². The van der Waals surface area contributed by atoms with Crippen LogP contribution in [0.5, 0.6) is 46.0 Å². The maximum atomic E-state index is 12.3. The van der Waals surface area contributed by atoms with Crippen LogP contribution in [-0.2, 0) is 0 Å². The Balaban J connectivity index is 0.000000226. The predicted octanol–water partition coefficient (Wildman–Crippen LogP) is 5.26. The average Bonchev–Trinajstić information content (AvgIpc) is 2.92. The summed E-state index contributed by atoms with van der Waals surface area (Å²) in [5.74, 6) is -1.57. The summed E-state index contributed by atoms with van der Waals surface area (Å²) in [6.07, 6.45) is 0.836. The number of ketones is 2. The molecule has 4 aromatic carbocycles. The SMILES string of the molecule is CCCOc1ccc(C(=O)c2ccc(O)cc2O)c(O)c1.CCOc1ccc(C(=O)c2ccc(O)cc2O)c(O)c1. The summed E-state index contributed by atoms with van der Waals surface area (Å²) in [5.41, 5.74) is 0.113. The van der Waals surface area contributed by atoms with E-state index in [0.29, 0.717) is 24.7 Å². The topological polar surface area (TPSA) is 174 Å². The monoisotopic (exact) mass is 562 g/mol. The summed E-state index contributed by atoms with van der Waals surface area (Å²) in [4.78, 5) is 24.5. The molecule has 0 bridgehead atoms. The molecule has 10 heteroatoms. The minimum atomic E-state index is -0.539. The van der Waals surface area contributed by atoms with E-state index in [1.54, 1.807) is 12.1 Å². The Morgan fingerprint density at radius 2 is 0.902 bits per heavy atom. The number of ether oxygens (including phenoxy) is 2.